The molecule has 1 aromatic carbocycles. The van der Waals surface area contributed by atoms with Gasteiger partial charge in [-0.25, -0.2) is 4.98 Å². The third kappa shape index (κ3) is 4.56. The highest BCUT2D eigenvalue weighted by molar-refractivity contribution is 8.13. The molecule has 0 amide bonds. The quantitative estimate of drug-likeness (QED) is 0.517. The third-order valence-corrected chi connectivity index (χ3v) is 4.57. The second-order valence-electron chi connectivity index (χ2n) is 4.09. The van der Waals surface area contributed by atoms with Gasteiger partial charge < -0.3 is 5.73 Å². The molecule has 0 unspecified atom stereocenters. The maximum absolute atomic E-state index is 6.01. The largest absolute Gasteiger partial charge is 0.377 e. The van der Waals surface area contributed by atoms with Crippen LogP contribution in [0.5, 0.6) is 0 Å². The number of benzene rings is 1. The van der Waals surface area contributed by atoms with Crippen molar-refractivity contribution in [3.05, 3.63) is 39.9 Å². The van der Waals surface area contributed by atoms with Gasteiger partial charge in [-0.15, -0.1) is 16.4 Å². The number of aryl methyl sites for hydroxylation is 1. The van der Waals surface area contributed by atoms with Crippen molar-refractivity contribution in [3.8, 4) is 10.6 Å². The molecular weight excluding hydrogens is 324 g/mol. The van der Waals surface area contributed by atoms with Crippen molar-refractivity contribution in [2.45, 2.75) is 13.8 Å². The van der Waals surface area contributed by atoms with E-state index in [0.29, 0.717) is 10.2 Å². The molecule has 0 saturated heterocycles. The lowest BCUT2D eigenvalue weighted by molar-refractivity contribution is 1.23. The number of nitrogens with zero attached hydrogens (tertiary/aromatic N) is 3. The lowest BCUT2D eigenvalue weighted by Crippen LogP contribution is -2.05. The molecule has 2 N–H and O–H groups in total. The van der Waals surface area contributed by atoms with Crippen molar-refractivity contribution in [1.29, 1.82) is 0 Å². The lowest BCUT2D eigenvalue weighted by atomic mass is 10.2. The molecular formula is C14H15ClN4S2. The summed E-state index contributed by atoms with van der Waals surface area (Å²) in [6.45, 7) is 3.96. The van der Waals surface area contributed by atoms with E-state index in [9.17, 15) is 0 Å². The molecule has 21 heavy (non-hydrogen) atoms. The van der Waals surface area contributed by atoms with Gasteiger partial charge in [-0.3, -0.25) is 0 Å². The fraction of sp³-hybridized carbons (Fsp3) is 0.214. The average Bonchev–Trinajstić information content (AvgIpc) is 2.81. The predicted molar refractivity (Wildman–Crippen MR) is 94.6 cm³/mol. The van der Waals surface area contributed by atoms with Crippen molar-refractivity contribution >= 4 is 46.1 Å². The number of aromatic nitrogens is 1. The van der Waals surface area contributed by atoms with Crippen LogP contribution in [0.25, 0.3) is 10.6 Å². The minimum absolute atomic E-state index is 0.464. The van der Waals surface area contributed by atoms with Gasteiger partial charge >= 0.3 is 0 Å². The van der Waals surface area contributed by atoms with Crippen molar-refractivity contribution in [1.82, 2.24) is 4.98 Å². The SMILES string of the molecule is CCS/C(N)=N/N=C/c1sc(-c2cccc(Cl)c2)nc1C. The summed E-state index contributed by atoms with van der Waals surface area (Å²) in [5.74, 6) is 0.878. The van der Waals surface area contributed by atoms with Crippen LogP contribution in [0.15, 0.2) is 34.5 Å². The van der Waals surface area contributed by atoms with E-state index in [1.54, 1.807) is 17.6 Å². The highest BCUT2D eigenvalue weighted by Crippen LogP contribution is 2.28. The van der Waals surface area contributed by atoms with Crippen LogP contribution in [0.3, 0.4) is 0 Å². The molecule has 0 saturated carbocycles. The Balaban J connectivity index is 2.20. The van der Waals surface area contributed by atoms with Gasteiger partial charge in [0.25, 0.3) is 0 Å². The van der Waals surface area contributed by atoms with E-state index >= 15 is 0 Å². The predicted octanol–water partition coefficient (Wildman–Crippen LogP) is 4.17. The molecule has 1 heterocycles. The van der Waals surface area contributed by atoms with E-state index in [1.165, 1.54) is 11.8 Å². The average molecular weight is 339 g/mol. The molecule has 0 aliphatic rings. The van der Waals surface area contributed by atoms with Crippen LogP contribution in [0.4, 0.5) is 0 Å². The van der Waals surface area contributed by atoms with Gasteiger partial charge in [0.15, 0.2) is 5.17 Å². The first-order chi connectivity index (χ1) is 10.1. The van der Waals surface area contributed by atoms with Gasteiger partial charge in [0, 0.05) is 10.6 Å². The van der Waals surface area contributed by atoms with Crippen LogP contribution >= 0.6 is 34.7 Å². The molecule has 0 aliphatic heterocycles. The standard InChI is InChI=1S/C14H15ClN4S2/c1-3-20-14(16)19-17-8-12-9(2)18-13(21-12)10-5-4-6-11(15)7-10/h4-8H,3H2,1-2H3,(H2,16,19)/b17-8+. The second-order valence-corrected chi connectivity index (χ2v) is 6.85. The first-order valence-electron chi connectivity index (χ1n) is 6.32. The molecule has 0 aliphatic carbocycles. The number of rotatable bonds is 4. The number of hydrogen-bond donors (Lipinski definition) is 1. The van der Waals surface area contributed by atoms with Crippen molar-refractivity contribution < 1.29 is 0 Å². The smallest absolute Gasteiger partial charge is 0.180 e. The van der Waals surface area contributed by atoms with Crippen LogP contribution in [0.1, 0.15) is 17.5 Å². The number of amidine groups is 1. The first-order valence-corrected chi connectivity index (χ1v) is 8.50. The molecule has 1 aromatic heterocycles. The monoisotopic (exact) mass is 338 g/mol. The van der Waals surface area contributed by atoms with E-state index in [4.69, 9.17) is 17.3 Å². The summed E-state index contributed by atoms with van der Waals surface area (Å²) in [6, 6.07) is 7.64. The summed E-state index contributed by atoms with van der Waals surface area (Å²) in [4.78, 5) is 5.50. The highest BCUT2D eigenvalue weighted by Gasteiger charge is 2.08. The van der Waals surface area contributed by atoms with Crippen molar-refractivity contribution in [2.24, 2.45) is 15.9 Å². The number of thioether (sulfide) groups is 1. The zero-order valence-corrected chi connectivity index (χ0v) is 14.1. The Morgan fingerprint density at radius 2 is 2.33 bits per heavy atom. The van der Waals surface area contributed by atoms with Gasteiger partial charge in [0.1, 0.15) is 5.01 Å². The summed E-state index contributed by atoms with van der Waals surface area (Å²) < 4.78 is 0. The lowest BCUT2D eigenvalue weighted by Gasteiger charge is -1.95. The molecule has 0 fully saturated rings. The number of thiazole rings is 1. The Morgan fingerprint density at radius 3 is 3.05 bits per heavy atom. The zero-order chi connectivity index (χ0) is 15.2. The molecule has 7 heteroatoms. The highest BCUT2D eigenvalue weighted by atomic mass is 35.5. The van der Waals surface area contributed by atoms with Gasteiger partial charge in [-0.2, -0.15) is 5.10 Å². The fourth-order valence-electron chi connectivity index (χ4n) is 1.59. The summed E-state index contributed by atoms with van der Waals surface area (Å²) in [5.41, 5.74) is 7.58. The topological polar surface area (TPSA) is 63.6 Å². The third-order valence-electron chi connectivity index (χ3n) is 2.53. The molecule has 110 valence electrons. The van der Waals surface area contributed by atoms with Gasteiger partial charge in [0.05, 0.1) is 16.8 Å². The Labute approximate surface area is 137 Å². The van der Waals surface area contributed by atoms with Crippen LogP contribution in [-0.2, 0) is 0 Å². The van der Waals surface area contributed by atoms with E-state index in [2.05, 4.69) is 15.2 Å². The van der Waals surface area contributed by atoms with Crippen molar-refractivity contribution in [2.75, 3.05) is 5.75 Å². The minimum Gasteiger partial charge on any atom is -0.377 e. The van der Waals surface area contributed by atoms with Crippen LogP contribution < -0.4 is 5.73 Å². The van der Waals surface area contributed by atoms with Gasteiger partial charge in [-0.05, 0) is 24.8 Å². The summed E-state index contributed by atoms with van der Waals surface area (Å²) >= 11 is 9.02. The Kier molecular flexibility index (Phi) is 5.78. The van der Waals surface area contributed by atoms with Gasteiger partial charge in [-0.1, -0.05) is 42.4 Å². The van der Waals surface area contributed by atoms with E-state index < -0.39 is 0 Å². The zero-order valence-electron chi connectivity index (χ0n) is 11.7. The molecule has 2 rings (SSSR count). The van der Waals surface area contributed by atoms with Crippen LogP contribution in [0.2, 0.25) is 5.02 Å². The Morgan fingerprint density at radius 1 is 1.52 bits per heavy atom. The van der Waals surface area contributed by atoms with E-state index in [1.807, 2.05) is 38.1 Å². The normalized spacial score (nSPS) is 12.2. The van der Waals surface area contributed by atoms with E-state index in [0.717, 1.165) is 26.9 Å². The molecule has 4 nitrogen and oxygen atoms in total. The molecule has 0 radical (unpaired) electrons. The maximum Gasteiger partial charge on any atom is 0.180 e. The molecule has 0 bridgehead atoms. The maximum atomic E-state index is 6.01. The molecule has 2 aromatic rings. The summed E-state index contributed by atoms with van der Waals surface area (Å²) in [6.07, 6.45) is 1.68. The number of halogens is 1. The Hall–Kier alpha value is -1.37. The molecule has 0 atom stereocenters. The van der Waals surface area contributed by atoms with Crippen molar-refractivity contribution in [3.63, 3.8) is 0 Å². The Bertz CT molecular complexity index is 679. The molecule has 0 spiro atoms. The number of hydrogen-bond acceptors (Lipinski definition) is 5. The van der Waals surface area contributed by atoms with E-state index in [-0.39, 0.29) is 0 Å². The minimum atomic E-state index is 0.464. The fourth-order valence-corrected chi connectivity index (χ4v) is 3.11. The second kappa shape index (κ2) is 7.59. The van der Waals surface area contributed by atoms with Crippen LogP contribution in [0, 0.1) is 6.92 Å². The summed E-state index contributed by atoms with van der Waals surface area (Å²) in [7, 11) is 0. The number of nitrogens with two attached hydrogens (primary N) is 1. The van der Waals surface area contributed by atoms with Gasteiger partial charge in [0.2, 0.25) is 0 Å². The van der Waals surface area contributed by atoms with Crippen LogP contribution in [-0.4, -0.2) is 22.1 Å². The first kappa shape index (κ1) is 16.0. The summed E-state index contributed by atoms with van der Waals surface area (Å²) in [5, 5.41) is 10.0.